The Morgan fingerprint density at radius 3 is 2.81 bits per heavy atom. The average Bonchev–Trinajstić information content (AvgIpc) is 3.34. The number of carbonyl (C=O) groups excluding carboxylic acids is 1. The van der Waals surface area contributed by atoms with E-state index < -0.39 is 5.54 Å². The number of Topliss-reactive ketones (excluding diaryl/α,β-unsaturated/α-hetero) is 1. The van der Waals surface area contributed by atoms with E-state index in [1.165, 1.54) is 24.2 Å². The molecule has 1 aromatic heterocycles. The molecule has 3 rings (SSSR count). The first-order chi connectivity index (χ1) is 12.3. The van der Waals surface area contributed by atoms with Crippen LogP contribution < -0.4 is 10.5 Å². The number of amidine groups is 1. The normalized spacial score (nSPS) is 17.3. The number of hydrogen-bond donors (Lipinski definition) is 2. The van der Waals surface area contributed by atoms with Gasteiger partial charge in [0.2, 0.25) is 5.06 Å². The van der Waals surface area contributed by atoms with Crippen molar-refractivity contribution in [2.24, 2.45) is 16.6 Å². The summed E-state index contributed by atoms with van der Waals surface area (Å²) in [6.45, 7) is 6.14. The first kappa shape index (κ1) is 18.7. The average molecular weight is 375 g/mol. The number of carbonyl (C=O) groups is 1. The molecule has 26 heavy (non-hydrogen) atoms. The van der Waals surface area contributed by atoms with E-state index in [1.807, 2.05) is 32.0 Å². The molecule has 1 fully saturated rings. The number of nitrogens with zero attached hydrogens (tertiary/aromatic N) is 1. The molecule has 0 aliphatic heterocycles. The van der Waals surface area contributed by atoms with Gasteiger partial charge in [0.05, 0.1) is 18.0 Å². The topological polar surface area (TPSA) is 84.9 Å². The maximum absolute atomic E-state index is 12.1. The molecule has 0 amide bonds. The van der Waals surface area contributed by atoms with E-state index >= 15 is 0 Å². The lowest BCUT2D eigenvalue weighted by molar-refractivity contribution is -0.119. The largest absolute Gasteiger partial charge is 0.497 e. The maximum Gasteiger partial charge on any atom is 0.215 e. The van der Waals surface area contributed by atoms with Gasteiger partial charge in [-0.1, -0.05) is 24.3 Å². The molecule has 0 unspecified atom stereocenters. The second kappa shape index (κ2) is 7.27. The quantitative estimate of drug-likeness (QED) is 0.531. The smallest absolute Gasteiger partial charge is 0.215 e. The molecule has 5 nitrogen and oxygen atoms in total. The van der Waals surface area contributed by atoms with Crippen LogP contribution in [0.25, 0.3) is 10.1 Å². The van der Waals surface area contributed by atoms with E-state index in [4.69, 9.17) is 10.5 Å². The van der Waals surface area contributed by atoms with Crippen LogP contribution in [-0.2, 0) is 10.3 Å². The number of hydrogen-bond acceptors (Lipinski definition) is 5. The lowest BCUT2D eigenvalue weighted by Crippen LogP contribution is -2.26. The van der Waals surface area contributed by atoms with Gasteiger partial charge in [-0.3, -0.25) is 9.79 Å². The summed E-state index contributed by atoms with van der Waals surface area (Å²) < 4.78 is 6.85. The third kappa shape index (κ3) is 4.01. The molecule has 0 bridgehead atoms. The van der Waals surface area contributed by atoms with Crippen LogP contribution in [0.1, 0.15) is 52.0 Å². The van der Waals surface area contributed by atoms with E-state index in [0.717, 1.165) is 15.6 Å². The molecule has 0 radical (unpaired) electrons. The third-order valence-corrected chi connectivity index (χ3v) is 5.72. The Balaban J connectivity index is 2.02. The van der Waals surface area contributed by atoms with Crippen LogP contribution >= 0.6 is 11.3 Å². The summed E-state index contributed by atoms with van der Waals surface area (Å²) in [4.78, 5) is 16.7. The van der Waals surface area contributed by atoms with Crippen molar-refractivity contribution in [3.63, 3.8) is 0 Å². The van der Waals surface area contributed by atoms with Crippen molar-refractivity contribution in [2.45, 2.75) is 52.0 Å². The number of fused-ring (bicyclic) bond motifs is 1. The van der Waals surface area contributed by atoms with Crippen molar-refractivity contribution in [2.75, 3.05) is 6.61 Å². The summed E-state index contributed by atoms with van der Waals surface area (Å²) in [5.41, 5.74) is 6.01. The first-order valence-electron chi connectivity index (χ1n) is 9.05. The molecule has 6 heteroatoms. The molecule has 1 aromatic carbocycles. The minimum absolute atomic E-state index is 0.135. The van der Waals surface area contributed by atoms with Gasteiger partial charge in [0, 0.05) is 22.9 Å². The molecule has 1 heterocycles. The van der Waals surface area contributed by atoms with Crippen molar-refractivity contribution in [3.05, 3.63) is 23.8 Å². The lowest BCUT2D eigenvalue weighted by atomic mass is 9.86. The van der Waals surface area contributed by atoms with E-state index in [-0.39, 0.29) is 17.3 Å². The summed E-state index contributed by atoms with van der Waals surface area (Å²) in [7, 11) is 0. The zero-order valence-corrected chi connectivity index (χ0v) is 16.4. The Kier molecular flexibility index (Phi) is 5.23. The molecule has 140 valence electrons. The summed E-state index contributed by atoms with van der Waals surface area (Å²) in [6.07, 6.45) is 3.13. The predicted octanol–water partition coefficient (Wildman–Crippen LogP) is 4.36. The van der Waals surface area contributed by atoms with Crippen molar-refractivity contribution in [3.8, 4) is 10.8 Å². The minimum Gasteiger partial charge on any atom is -0.497 e. The Morgan fingerprint density at radius 1 is 1.46 bits per heavy atom. The van der Waals surface area contributed by atoms with Crippen LogP contribution in [0.2, 0.25) is 0 Å². The summed E-state index contributed by atoms with van der Waals surface area (Å²) in [6, 6.07) is 5.89. The van der Waals surface area contributed by atoms with Crippen LogP contribution in [0.15, 0.2) is 23.2 Å². The maximum atomic E-state index is 12.1. The fraction of sp³-hybridized carbons (Fsp3) is 0.500. The number of aliphatic imine (C=N–C) groups is 1. The highest BCUT2D eigenvalue weighted by Crippen LogP contribution is 2.46. The van der Waals surface area contributed by atoms with E-state index in [9.17, 15) is 9.90 Å². The Hall–Kier alpha value is -2.08. The molecule has 1 aliphatic carbocycles. The summed E-state index contributed by atoms with van der Waals surface area (Å²) >= 11 is 1.31. The summed E-state index contributed by atoms with van der Waals surface area (Å²) in [5.74, 6) is 1.71. The number of ketones is 1. The standard InChI is InChI=1S/C20H26N2O3S/c1-4-15(23)10-20(3,22-12(2)21)14-7-8-17-16(9-14)18(19(24)26-17)25-11-13-5-6-13/h7-9,13,24H,4-6,10-11H2,1-3H3,(H2,21,22)/t20-/m0/s1. The van der Waals surface area contributed by atoms with Gasteiger partial charge in [-0.15, -0.1) is 0 Å². The van der Waals surface area contributed by atoms with Crippen LogP contribution in [0.3, 0.4) is 0 Å². The zero-order chi connectivity index (χ0) is 18.9. The van der Waals surface area contributed by atoms with Crippen LogP contribution in [0.4, 0.5) is 0 Å². The number of aromatic hydroxyl groups is 1. The molecule has 1 aliphatic rings. The van der Waals surface area contributed by atoms with Gasteiger partial charge >= 0.3 is 0 Å². The monoisotopic (exact) mass is 374 g/mol. The van der Waals surface area contributed by atoms with Crippen molar-refractivity contribution in [1.82, 2.24) is 0 Å². The third-order valence-electron chi connectivity index (χ3n) is 4.77. The number of rotatable bonds is 8. The second-order valence-corrected chi connectivity index (χ2v) is 8.33. The fourth-order valence-electron chi connectivity index (χ4n) is 3.13. The van der Waals surface area contributed by atoms with Crippen LogP contribution in [-0.4, -0.2) is 23.3 Å². The molecular formula is C20H26N2O3S. The molecule has 3 N–H and O–H groups in total. The molecular weight excluding hydrogens is 348 g/mol. The van der Waals surface area contributed by atoms with Crippen molar-refractivity contribution >= 4 is 33.0 Å². The molecule has 0 saturated heterocycles. The SMILES string of the molecule is CCC(=O)C[C@](C)(N=C(C)N)c1ccc2sc(O)c(OCC3CC3)c2c1. The van der Waals surface area contributed by atoms with Gasteiger partial charge in [-0.25, -0.2) is 0 Å². The molecule has 1 saturated carbocycles. The van der Waals surface area contributed by atoms with Gasteiger partial charge in [-0.05, 0) is 50.3 Å². The van der Waals surface area contributed by atoms with Crippen molar-refractivity contribution < 1.29 is 14.6 Å². The van der Waals surface area contributed by atoms with E-state index in [0.29, 0.717) is 30.5 Å². The van der Waals surface area contributed by atoms with Gasteiger partial charge in [0.15, 0.2) is 5.75 Å². The number of benzene rings is 1. The predicted molar refractivity (Wildman–Crippen MR) is 106 cm³/mol. The second-order valence-electron chi connectivity index (χ2n) is 7.30. The number of nitrogens with two attached hydrogens (primary N) is 1. The van der Waals surface area contributed by atoms with Gasteiger partial charge < -0.3 is 15.6 Å². The Bertz CT molecular complexity index is 850. The Labute approximate surface area is 157 Å². The minimum atomic E-state index is -0.731. The van der Waals surface area contributed by atoms with E-state index in [1.54, 1.807) is 6.92 Å². The Morgan fingerprint density at radius 2 is 2.19 bits per heavy atom. The van der Waals surface area contributed by atoms with Crippen LogP contribution in [0.5, 0.6) is 10.8 Å². The summed E-state index contributed by atoms with van der Waals surface area (Å²) in [5, 5.41) is 11.3. The van der Waals surface area contributed by atoms with Gasteiger partial charge in [0.1, 0.15) is 5.78 Å². The highest BCUT2D eigenvalue weighted by molar-refractivity contribution is 7.21. The zero-order valence-electron chi connectivity index (χ0n) is 15.5. The fourth-order valence-corrected chi connectivity index (χ4v) is 3.99. The van der Waals surface area contributed by atoms with Crippen molar-refractivity contribution in [1.29, 1.82) is 0 Å². The molecule has 1 atom stereocenters. The number of ether oxygens (including phenoxy) is 1. The van der Waals surface area contributed by atoms with Gasteiger partial charge in [-0.2, -0.15) is 0 Å². The van der Waals surface area contributed by atoms with Gasteiger partial charge in [0.25, 0.3) is 0 Å². The highest BCUT2D eigenvalue weighted by atomic mass is 32.1. The number of thiophene rings is 1. The van der Waals surface area contributed by atoms with Crippen LogP contribution in [0, 0.1) is 5.92 Å². The first-order valence-corrected chi connectivity index (χ1v) is 9.86. The van der Waals surface area contributed by atoms with E-state index in [2.05, 4.69) is 4.99 Å². The molecule has 2 aromatic rings. The molecule has 0 spiro atoms. The lowest BCUT2D eigenvalue weighted by Gasteiger charge is -2.26. The highest BCUT2D eigenvalue weighted by Gasteiger charge is 2.30.